The Bertz CT molecular complexity index is 1720. The molecule has 2 aliphatic carbocycles. The maximum absolute atomic E-state index is 14.8. The summed E-state index contributed by atoms with van der Waals surface area (Å²) in [6.45, 7) is -0.0443. The molecule has 208 valence electrons. The van der Waals surface area contributed by atoms with Crippen molar-refractivity contribution in [2.75, 3.05) is 13.6 Å². The lowest BCUT2D eigenvalue weighted by Gasteiger charge is -2.35. The molecule has 42 heavy (non-hydrogen) atoms. The Kier molecular flexibility index (Phi) is 5.38. The van der Waals surface area contributed by atoms with Gasteiger partial charge >= 0.3 is 0 Å². The maximum Gasteiger partial charge on any atom is 0.231 e. The monoisotopic (exact) mass is 558 g/mol. The van der Waals surface area contributed by atoms with Crippen LogP contribution in [0.25, 0.3) is 12.2 Å². The first kappa shape index (κ1) is 24.9. The first-order valence-corrected chi connectivity index (χ1v) is 13.9. The molecular weight excluding hydrogens is 532 g/mol. The average Bonchev–Trinajstić information content (AvgIpc) is 3.70. The summed E-state index contributed by atoms with van der Waals surface area (Å²) in [5.41, 5.74) is 1.06. The summed E-state index contributed by atoms with van der Waals surface area (Å²) in [4.78, 5) is 14.8. The molecule has 0 saturated carbocycles. The Morgan fingerprint density at radius 3 is 1.52 bits per heavy atom. The second-order valence-corrected chi connectivity index (χ2v) is 10.9. The Balaban J connectivity index is 1.37. The summed E-state index contributed by atoms with van der Waals surface area (Å²) in [6.07, 6.45) is 8.19. The molecule has 0 bridgehead atoms. The molecule has 7 heteroatoms. The van der Waals surface area contributed by atoms with E-state index in [1.54, 1.807) is 24.3 Å². The van der Waals surface area contributed by atoms with Crippen LogP contribution in [0, 0.1) is 0 Å². The van der Waals surface area contributed by atoms with Crippen molar-refractivity contribution in [3.05, 3.63) is 129 Å². The molecule has 0 spiro atoms. The van der Waals surface area contributed by atoms with Crippen molar-refractivity contribution in [1.82, 2.24) is 0 Å². The highest BCUT2D eigenvalue weighted by atomic mass is 16.7. The SMILES string of the molecule is O=C(c1ccc2c(c1C1(O)CC=Cc3ccccc31)OCO2)c1ccc2c(c1C1(O)CC=Cc3ccccc31)OCO2. The largest absolute Gasteiger partial charge is 0.454 e. The molecule has 0 radical (unpaired) electrons. The van der Waals surface area contributed by atoms with E-state index in [9.17, 15) is 15.0 Å². The van der Waals surface area contributed by atoms with Crippen molar-refractivity contribution in [3.63, 3.8) is 0 Å². The number of hydrogen-bond acceptors (Lipinski definition) is 7. The maximum atomic E-state index is 14.8. The highest BCUT2D eigenvalue weighted by Crippen LogP contribution is 2.52. The third-order valence-electron chi connectivity index (χ3n) is 8.63. The van der Waals surface area contributed by atoms with Crippen molar-refractivity contribution in [2.45, 2.75) is 24.0 Å². The topological polar surface area (TPSA) is 94.5 Å². The Morgan fingerprint density at radius 2 is 1.05 bits per heavy atom. The zero-order valence-electron chi connectivity index (χ0n) is 22.5. The zero-order chi connectivity index (χ0) is 28.5. The van der Waals surface area contributed by atoms with Gasteiger partial charge in [-0.3, -0.25) is 4.79 Å². The van der Waals surface area contributed by atoms with Crippen LogP contribution in [0.3, 0.4) is 0 Å². The van der Waals surface area contributed by atoms with Gasteiger partial charge in [-0.15, -0.1) is 0 Å². The van der Waals surface area contributed by atoms with Crippen LogP contribution in [0.15, 0.2) is 84.9 Å². The van der Waals surface area contributed by atoms with Gasteiger partial charge in [0.25, 0.3) is 0 Å². The first-order chi connectivity index (χ1) is 20.5. The number of ketones is 1. The molecule has 0 saturated heterocycles. The molecule has 2 heterocycles. The van der Waals surface area contributed by atoms with Crippen LogP contribution >= 0.6 is 0 Å². The van der Waals surface area contributed by atoms with Crippen molar-refractivity contribution in [1.29, 1.82) is 0 Å². The van der Waals surface area contributed by atoms with Crippen molar-refractivity contribution < 1.29 is 34.0 Å². The molecule has 8 rings (SSSR count). The van der Waals surface area contributed by atoms with Gasteiger partial charge in [0, 0.05) is 35.1 Å². The fraction of sp³-hybridized carbons (Fsp3) is 0.171. The van der Waals surface area contributed by atoms with Gasteiger partial charge in [0.2, 0.25) is 13.6 Å². The molecule has 0 fully saturated rings. The van der Waals surface area contributed by atoms with Gasteiger partial charge in [-0.25, -0.2) is 0 Å². The van der Waals surface area contributed by atoms with E-state index >= 15 is 0 Å². The fourth-order valence-electron chi connectivity index (χ4n) is 6.73. The van der Waals surface area contributed by atoms with Crippen LogP contribution in [0.5, 0.6) is 23.0 Å². The van der Waals surface area contributed by atoms with Crippen LogP contribution in [-0.4, -0.2) is 29.6 Å². The predicted octanol–water partition coefficient (Wildman–Crippen LogP) is 5.68. The van der Waals surface area contributed by atoms with Crippen LogP contribution in [-0.2, 0) is 11.2 Å². The third kappa shape index (κ3) is 3.44. The minimum atomic E-state index is -1.57. The van der Waals surface area contributed by atoms with Gasteiger partial charge in [-0.05, 0) is 46.5 Å². The quantitative estimate of drug-likeness (QED) is 0.311. The number of aliphatic hydroxyl groups is 2. The molecule has 0 amide bonds. The standard InChI is InChI=1S/C35H26O7/c36-31(23-13-15-27-32(41-19-39-27)29(23)34(37)17-5-9-21-7-1-3-11-25(21)34)24-14-16-28-33(42-20-40-28)30(24)35(38)18-6-10-22-8-2-4-12-26(22)35/h1-16,37-38H,17-20H2. The molecule has 2 atom stereocenters. The third-order valence-corrected chi connectivity index (χ3v) is 8.63. The number of benzene rings is 4. The Labute approximate surface area is 241 Å². The first-order valence-electron chi connectivity index (χ1n) is 13.9. The summed E-state index contributed by atoms with van der Waals surface area (Å²) in [6, 6.07) is 21.8. The molecular formula is C35H26O7. The summed E-state index contributed by atoms with van der Waals surface area (Å²) in [7, 11) is 0. The lowest BCUT2D eigenvalue weighted by molar-refractivity contribution is 0.0736. The Morgan fingerprint density at radius 1 is 0.595 bits per heavy atom. The average molecular weight is 559 g/mol. The van der Waals surface area contributed by atoms with Gasteiger partial charge in [-0.2, -0.15) is 0 Å². The second-order valence-electron chi connectivity index (χ2n) is 10.9. The van der Waals surface area contributed by atoms with Crippen molar-refractivity contribution in [3.8, 4) is 23.0 Å². The summed E-state index contributed by atoms with van der Waals surface area (Å²) < 4.78 is 23.2. The number of carbonyl (C=O) groups is 1. The van der Waals surface area contributed by atoms with Crippen LogP contribution < -0.4 is 18.9 Å². The fourth-order valence-corrected chi connectivity index (χ4v) is 6.73. The molecule has 2 N–H and O–H groups in total. The van der Waals surface area contributed by atoms with Gasteiger partial charge in [0.15, 0.2) is 28.8 Å². The van der Waals surface area contributed by atoms with E-state index in [-0.39, 0.29) is 37.6 Å². The van der Waals surface area contributed by atoms with E-state index in [4.69, 9.17) is 18.9 Å². The molecule has 4 aromatic rings. The van der Waals surface area contributed by atoms with Gasteiger partial charge in [0.05, 0.1) is 0 Å². The number of carbonyl (C=O) groups excluding carboxylic acids is 1. The van der Waals surface area contributed by atoms with E-state index in [1.807, 2.05) is 72.8 Å². The van der Waals surface area contributed by atoms with E-state index in [2.05, 4.69) is 0 Å². The number of rotatable bonds is 4. The lowest BCUT2D eigenvalue weighted by Crippen LogP contribution is -2.34. The van der Waals surface area contributed by atoms with Crippen LogP contribution in [0.4, 0.5) is 0 Å². The molecule has 0 aromatic heterocycles. The normalized spacial score (nSPS) is 22.5. The van der Waals surface area contributed by atoms with E-state index in [0.29, 0.717) is 45.3 Å². The number of ether oxygens (including phenoxy) is 4. The van der Waals surface area contributed by atoms with Gasteiger partial charge in [-0.1, -0.05) is 72.8 Å². The minimum absolute atomic E-state index is 0.0221. The zero-order valence-corrected chi connectivity index (χ0v) is 22.5. The minimum Gasteiger partial charge on any atom is -0.454 e. The van der Waals surface area contributed by atoms with Gasteiger partial charge in [0.1, 0.15) is 11.2 Å². The smallest absolute Gasteiger partial charge is 0.231 e. The number of hydrogen-bond donors (Lipinski definition) is 2. The summed E-state index contributed by atoms with van der Waals surface area (Å²) >= 11 is 0. The van der Waals surface area contributed by atoms with Crippen molar-refractivity contribution >= 4 is 17.9 Å². The summed E-state index contributed by atoms with van der Waals surface area (Å²) in [5.74, 6) is 1.19. The molecule has 2 unspecified atom stereocenters. The van der Waals surface area contributed by atoms with E-state index in [0.717, 1.165) is 11.1 Å². The molecule has 4 aliphatic rings. The van der Waals surface area contributed by atoms with E-state index in [1.165, 1.54) is 0 Å². The second kappa shape index (κ2) is 9.08. The molecule has 7 nitrogen and oxygen atoms in total. The van der Waals surface area contributed by atoms with Crippen molar-refractivity contribution in [2.24, 2.45) is 0 Å². The Hall–Kier alpha value is -4.85. The van der Waals surface area contributed by atoms with Crippen LogP contribution in [0.2, 0.25) is 0 Å². The van der Waals surface area contributed by atoms with E-state index < -0.39 is 17.0 Å². The van der Waals surface area contributed by atoms with Crippen LogP contribution in [0.1, 0.15) is 62.1 Å². The molecule has 2 aliphatic heterocycles. The predicted molar refractivity (Wildman–Crippen MR) is 155 cm³/mol. The highest BCUT2D eigenvalue weighted by Gasteiger charge is 2.45. The van der Waals surface area contributed by atoms with Gasteiger partial charge < -0.3 is 29.2 Å². The highest BCUT2D eigenvalue weighted by molar-refractivity contribution is 6.12. The summed E-state index contributed by atoms with van der Waals surface area (Å²) in [5, 5.41) is 24.9. The number of fused-ring (bicyclic) bond motifs is 4. The molecule has 4 aromatic carbocycles. The lowest BCUT2D eigenvalue weighted by atomic mass is 9.73.